The predicted octanol–water partition coefficient (Wildman–Crippen LogP) is 3.80. The van der Waals surface area contributed by atoms with Gasteiger partial charge in [0, 0.05) is 18.1 Å². The number of benzene rings is 2. The predicted molar refractivity (Wildman–Crippen MR) is 105 cm³/mol. The number of pyridine rings is 1. The molecule has 0 saturated heterocycles. The second kappa shape index (κ2) is 8.29. The van der Waals surface area contributed by atoms with Gasteiger partial charge in [0.15, 0.2) is 5.96 Å². The van der Waals surface area contributed by atoms with Crippen LogP contribution in [0, 0.1) is 6.92 Å². The molecule has 4 heteroatoms. The van der Waals surface area contributed by atoms with Crippen molar-refractivity contribution in [2.45, 2.75) is 26.9 Å². The van der Waals surface area contributed by atoms with E-state index in [9.17, 15) is 0 Å². The summed E-state index contributed by atoms with van der Waals surface area (Å²) in [5.74, 6) is 0.804. The van der Waals surface area contributed by atoms with E-state index < -0.39 is 0 Å². The van der Waals surface area contributed by atoms with Crippen molar-refractivity contribution in [3.05, 3.63) is 77.6 Å². The lowest BCUT2D eigenvalue weighted by Gasteiger charge is -2.12. The number of hydrogen-bond donors (Lipinski definition) is 2. The lowest BCUT2D eigenvalue weighted by molar-refractivity contribution is 0.804. The Kier molecular flexibility index (Phi) is 5.62. The van der Waals surface area contributed by atoms with Crippen LogP contribution >= 0.6 is 0 Å². The number of aryl methyl sites for hydroxylation is 1. The van der Waals surface area contributed by atoms with E-state index in [2.05, 4.69) is 70.9 Å². The molecule has 0 aliphatic heterocycles. The zero-order valence-electron chi connectivity index (χ0n) is 14.8. The van der Waals surface area contributed by atoms with E-state index in [1.165, 1.54) is 21.9 Å². The van der Waals surface area contributed by atoms with Gasteiger partial charge in [-0.1, -0.05) is 54.1 Å². The first kappa shape index (κ1) is 17.0. The highest BCUT2D eigenvalue weighted by atomic mass is 15.2. The van der Waals surface area contributed by atoms with Crippen molar-refractivity contribution in [2.24, 2.45) is 4.99 Å². The maximum atomic E-state index is 4.69. The molecule has 1 heterocycles. The van der Waals surface area contributed by atoms with Crippen molar-refractivity contribution in [3.63, 3.8) is 0 Å². The normalized spacial score (nSPS) is 11.5. The average molecular weight is 332 g/mol. The van der Waals surface area contributed by atoms with E-state index in [1.54, 1.807) is 0 Å². The summed E-state index contributed by atoms with van der Waals surface area (Å²) in [5, 5.41) is 9.07. The van der Waals surface area contributed by atoms with E-state index in [0.717, 1.165) is 18.2 Å². The molecular weight excluding hydrogens is 308 g/mol. The summed E-state index contributed by atoms with van der Waals surface area (Å²) >= 11 is 0. The number of nitrogens with one attached hydrogen (secondary N) is 2. The molecular formula is C21H24N4. The summed E-state index contributed by atoms with van der Waals surface area (Å²) < 4.78 is 0. The first-order valence-corrected chi connectivity index (χ1v) is 8.66. The number of rotatable bonds is 5. The third-order valence-corrected chi connectivity index (χ3v) is 4.03. The molecule has 0 aliphatic rings. The molecule has 0 saturated carbocycles. The maximum absolute atomic E-state index is 4.69. The molecule has 3 rings (SSSR count). The standard InChI is InChI=1S/C21H24N4/c1-3-22-21(24-14-17-8-6-7-16(2)13-17)25-15-20-19-10-5-4-9-18(19)11-12-23-20/h4-13H,3,14-15H2,1-2H3,(H2,22,24,25). The first-order valence-electron chi connectivity index (χ1n) is 8.66. The minimum atomic E-state index is 0.640. The fraction of sp³-hybridized carbons (Fsp3) is 0.238. The van der Waals surface area contributed by atoms with Crippen LogP contribution in [0.1, 0.15) is 23.7 Å². The molecule has 3 aromatic rings. The van der Waals surface area contributed by atoms with Crippen LogP contribution < -0.4 is 10.6 Å². The molecule has 0 amide bonds. The number of guanidine groups is 1. The Hall–Kier alpha value is -2.88. The molecule has 0 atom stereocenters. The monoisotopic (exact) mass is 332 g/mol. The van der Waals surface area contributed by atoms with E-state index in [1.807, 2.05) is 24.4 Å². The molecule has 4 nitrogen and oxygen atoms in total. The van der Waals surface area contributed by atoms with Crippen molar-refractivity contribution in [1.82, 2.24) is 15.6 Å². The van der Waals surface area contributed by atoms with Crippen LogP contribution in [-0.2, 0) is 13.1 Å². The zero-order chi connectivity index (χ0) is 17.5. The molecule has 25 heavy (non-hydrogen) atoms. The summed E-state index contributed by atoms with van der Waals surface area (Å²) in [7, 11) is 0. The minimum absolute atomic E-state index is 0.640. The third-order valence-electron chi connectivity index (χ3n) is 4.03. The lowest BCUT2D eigenvalue weighted by atomic mass is 10.1. The van der Waals surface area contributed by atoms with Gasteiger partial charge in [-0.15, -0.1) is 0 Å². The molecule has 0 fully saturated rings. The molecule has 0 spiro atoms. The summed E-state index contributed by atoms with van der Waals surface area (Å²) in [5.41, 5.74) is 3.49. The van der Waals surface area contributed by atoms with Crippen LogP contribution in [0.3, 0.4) is 0 Å². The second-order valence-electron chi connectivity index (χ2n) is 6.02. The minimum Gasteiger partial charge on any atom is -0.357 e. The van der Waals surface area contributed by atoms with Gasteiger partial charge in [0.2, 0.25) is 0 Å². The Morgan fingerprint density at radius 1 is 1.04 bits per heavy atom. The topological polar surface area (TPSA) is 49.3 Å². The fourth-order valence-electron chi connectivity index (χ4n) is 2.81. The van der Waals surface area contributed by atoms with Gasteiger partial charge in [0.05, 0.1) is 18.8 Å². The zero-order valence-corrected chi connectivity index (χ0v) is 14.8. The fourth-order valence-corrected chi connectivity index (χ4v) is 2.81. The van der Waals surface area contributed by atoms with Crippen LogP contribution in [0.4, 0.5) is 0 Å². The molecule has 0 unspecified atom stereocenters. The second-order valence-corrected chi connectivity index (χ2v) is 6.02. The van der Waals surface area contributed by atoms with E-state index in [4.69, 9.17) is 0 Å². The summed E-state index contributed by atoms with van der Waals surface area (Å²) in [6.45, 7) is 6.28. The first-order chi connectivity index (χ1) is 12.3. The highest BCUT2D eigenvalue weighted by Crippen LogP contribution is 2.15. The quantitative estimate of drug-likeness (QED) is 0.552. The van der Waals surface area contributed by atoms with Crippen LogP contribution in [0.5, 0.6) is 0 Å². The Morgan fingerprint density at radius 3 is 2.76 bits per heavy atom. The third kappa shape index (κ3) is 4.57. The average Bonchev–Trinajstić information content (AvgIpc) is 2.64. The summed E-state index contributed by atoms with van der Waals surface area (Å²) in [6.07, 6.45) is 1.86. The summed E-state index contributed by atoms with van der Waals surface area (Å²) in [4.78, 5) is 9.21. The highest BCUT2D eigenvalue weighted by molar-refractivity contribution is 5.85. The van der Waals surface area contributed by atoms with Gasteiger partial charge in [0.25, 0.3) is 0 Å². The Morgan fingerprint density at radius 2 is 1.92 bits per heavy atom. The number of fused-ring (bicyclic) bond motifs is 1. The molecule has 128 valence electrons. The van der Waals surface area contributed by atoms with Gasteiger partial charge in [-0.2, -0.15) is 0 Å². The number of aromatic nitrogens is 1. The van der Waals surface area contributed by atoms with Gasteiger partial charge in [-0.3, -0.25) is 4.98 Å². The van der Waals surface area contributed by atoms with Gasteiger partial charge in [-0.25, -0.2) is 4.99 Å². The van der Waals surface area contributed by atoms with Gasteiger partial charge in [0.1, 0.15) is 0 Å². The molecule has 0 bridgehead atoms. The number of nitrogens with zero attached hydrogens (tertiary/aromatic N) is 2. The van der Waals surface area contributed by atoms with Crippen molar-refractivity contribution in [3.8, 4) is 0 Å². The van der Waals surface area contributed by atoms with Crippen molar-refractivity contribution in [1.29, 1.82) is 0 Å². The van der Waals surface area contributed by atoms with Crippen molar-refractivity contribution in [2.75, 3.05) is 6.54 Å². The van der Waals surface area contributed by atoms with Crippen molar-refractivity contribution >= 4 is 16.7 Å². The molecule has 2 N–H and O–H groups in total. The van der Waals surface area contributed by atoms with Gasteiger partial charge in [-0.05, 0) is 30.9 Å². The number of aliphatic imine (C=N–C) groups is 1. The maximum Gasteiger partial charge on any atom is 0.191 e. The summed E-state index contributed by atoms with van der Waals surface area (Å²) in [6, 6.07) is 18.8. The Bertz CT molecular complexity index is 865. The smallest absolute Gasteiger partial charge is 0.191 e. The highest BCUT2D eigenvalue weighted by Gasteiger charge is 2.04. The van der Waals surface area contributed by atoms with Crippen molar-refractivity contribution < 1.29 is 0 Å². The van der Waals surface area contributed by atoms with E-state index >= 15 is 0 Å². The van der Waals surface area contributed by atoms with Crippen LogP contribution in [0.25, 0.3) is 10.8 Å². The largest absolute Gasteiger partial charge is 0.357 e. The van der Waals surface area contributed by atoms with Crippen LogP contribution in [0.2, 0.25) is 0 Å². The molecule has 0 aliphatic carbocycles. The lowest BCUT2D eigenvalue weighted by Crippen LogP contribution is -2.37. The van der Waals surface area contributed by atoms with Crippen LogP contribution in [0.15, 0.2) is 65.8 Å². The van der Waals surface area contributed by atoms with E-state index in [-0.39, 0.29) is 0 Å². The molecule has 1 aromatic heterocycles. The van der Waals surface area contributed by atoms with Crippen LogP contribution in [-0.4, -0.2) is 17.5 Å². The van der Waals surface area contributed by atoms with E-state index in [0.29, 0.717) is 13.1 Å². The Balaban J connectivity index is 1.72. The molecule has 0 radical (unpaired) electrons. The van der Waals surface area contributed by atoms with Gasteiger partial charge >= 0.3 is 0 Å². The van der Waals surface area contributed by atoms with Gasteiger partial charge < -0.3 is 10.6 Å². The Labute approximate surface area is 149 Å². The SMILES string of the molecule is CCNC(=NCc1cccc(C)c1)NCc1nccc2ccccc12. The molecule has 2 aromatic carbocycles. The number of hydrogen-bond acceptors (Lipinski definition) is 2.